The lowest BCUT2D eigenvalue weighted by molar-refractivity contribution is 0.0742. The minimum atomic E-state index is -3.87. The van der Waals surface area contributed by atoms with Crippen LogP contribution in [0.5, 0.6) is 0 Å². The molecule has 1 aliphatic rings. The second-order valence-corrected chi connectivity index (χ2v) is 8.67. The largest absolute Gasteiger partial charge is 0.336 e. The van der Waals surface area contributed by atoms with E-state index in [4.69, 9.17) is 10.7 Å². The van der Waals surface area contributed by atoms with Gasteiger partial charge < -0.3 is 4.90 Å². The molecule has 0 aliphatic heterocycles. The summed E-state index contributed by atoms with van der Waals surface area (Å²) >= 11 is 3.30. The zero-order valence-corrected chi connectivity index (χ0v) is 15.1. The average Bonchev–Trinajstić information content (AvgIpc) is 3.21. The molecule has 0 bridgehead atoms. The van der Waals surface area contributed by atoms with Crippen LogP contribution in [-0.4, -0.2) is 31.8 Å². The number of hydrogen-bond acceptors (Lipinski definition) is 3. The van der Waals surface area contributed by atoms with Crippen LogP contribution in [0.4, 0.5) is 0 Å². The summed E-state index contributed by atoms with van der Waals surface area (Å²) in [5.41, 5.74) is 1.12. The summed E-state index contributed by atoms with van der Waals surface area (Å²) in [4.78, 5) is 14.5. The van der Waals surface area contributed by atoms with Crippen LogP contribution in [0.3, 0.4) is 0 Å². The minimum absolute atomic E-state index is 0.0581. The Morgan fingerprint density at radius 1 is 1.43 bits per heavy atom. The van der Waals surface area contributed by atoms with E-state index >= 15 is 0 Å². The first-order valence-electron chi connectivity index (χ1n) is 6.81. The first-order chi connectivity index (χ1) is 9.75. The van der Waals surface area contributed by atoms with Crippen molar-refractivity contribution in [2.75, 3.05) is 6.54 Å². The lowest BCUT2D eigenvalue weighted by Gasteiger charge is -2.23. The summed E-state index contributed by atoms with van der Waals surface area (Å²) in [6.45, 7) is 4.49. The molecule has 1 amide bonds. The standard InChI is InChI=1S/C14H17BrClNO3S/c1-3-6-17(10-4-5-10)14(18)12-7-11(21(16,19)20)8-13(15)9(12)2/h7-8,10H,3-6H2,1-2H3. The Morgan fingerprint density at radius 3 is 2.52 bits per heavy atom. The predicted octanol–water partition coefficient (Wildman–Crippen LogP) is 3.70. The SMILES string of the molecule is CCCN(C(=O)c1cc(S(=O)(=O)Cl)cc(Br)c1C)C1CC1. The normalized spacial score (nSPS) is 15.0. The lowest BCUT2D eigenvalue weighted by atomic mass is 10.1. The van der Waals surface area contributed by atoms with E-state index in [1.54, 1.807) is 6.92 Å². The number of nitrogens with zero attached hydrogens (tertiary/aromatic N) is 1. The Hall–Kier alpha value is -0.590. The van der Waals surface area contributed by atoms with Crippen LogP contribution in [0.25, 0.3) is 0 Å². The van der Waals surface area contributed by atoms with E-state index in [0.717, 1.165) is 24.8 Å². The molecule has 0 aromatic heterocycles. The number of carbonyl (C=O) groups is 1. The third-order valence-electron chi connectivity index (χ3n) is 3.54. The smallest absolute Gasteiger partial charge is 0.261 e. The topological polar surface area (TPSA) is 54.5 Å². The second-order valence-electron chi connectivity index (χ2n) is 5.25. The van der Waals surface area contributed by atoms with Gasteiger partial charge in [-0.2, -0.15) is 0 Å². The molecule has 0 spiro atoms. The fraction of sp³-hybridized carbons (Fsp3) is 0.500. The summed E-state index contributed by atoms with van der Waals surface area (Å²) in [7, 11) is 1.53. The van der Waals surface area contributed by atoms with E-state index in [0.29, 0.717) is 16.6 Å². The van der Waals surface area contributed by atoms with Crippen LogP contribution in [0.15, 0.2) is 21.5 Å². The van der Waals surface area contributed by atoms with Gasteiger partial charge in [0.15, 0.2) is 0 Å². The molecule has 1 saturated carbocycles. The number of carbonyl (C=O) groups excluding carboxylic acids is 1. The molecule has 4 nitrogen and oxygen atoms in total. The van der Waals surface area contributed by atoms with Crippen LogP contribution in [0.1, 0.15) is 42.1 Å². The molecule has 0 radical (unpaired) electrons. The van der Waals surface area contributed by atoms with Gasteiger partial charge in [0, 0.05) is 33.3 Å². The minimum Gasteiger partial charge on any atom is -0.336 e. The van der Waals surface area contributed by atoms with Crippen LogP contribution in [0.2, 0.25) is 0 Å². The van der Waals surface area contributed by atoms with Crippen LogP contribution < -0.4 is 0 Å². The van der Waals surface area contributed by atoms with Gasteiger partial charge in [-0.15, -0.1) is 0 Å². The molecule has 0 heterocycles. The number of benzene rings is 1. The Labute approximate surface area is 138 Å². The van der Waals surface area contributed by atoms with Crippen molar-refractivity contribution in [3.63, 3.8) is 0 Å². The molecular formula is C14H17BrClNO3S. The summed E-state index contributed by atoms with van der Waals surface area (Å²) in [5, 5.41) is 0. The number of hydrogen-bond donors (Lipinski definition) is 0. The van der Waals surface area contributed by atoms with Gasteiger partial charge in [-0.25, -0.2) is 8.42 Å². The summed E-state index contributed by atoms with van der Waals surface area (Å²) in [5.74, 6) is -0.125. The number of rotatable bonds is 5. The van der Waals surface area contributed by atoms with Crippen molar-refractivity contribution in [3.05, 3.63) is 27.7 Å². The quantitative estimate of drug-likeness (QED) is 0.716. The summed E-state index contributed by atoms with van der Waals surface area (Å²) in [6.07, 6.45) is 2.90. The lowest BCUT2D eigenvalue weighted by Crippen LogP contribution is -2.34. The third kappa shape index (κ3) is 3.79. The van der Waals surface area contributed by atoms with Gasteiger partial charge in [0.05, 0.1) is 4.90 Å². The van der Waals surface area contributed by atoms with E-state index in [1.807, 2.05) is 11.8 Å². The molecular weight excluding hydrogens is 378 g/mol. The first-order valence-corrected chi connectivity index (χ1v) is 9.91. The molecule has 1 fully saturated rings. The molecule has 116 valence electrons. The maximum atomic E-state index is 12.7. The zero-order valence-electron chi connectivity index (χ0n) is 11.9. The predicted molar refractivity (Wildman–Crippen MR) is 86.3 cm³/mol. The fourth-order valence-corrected chi connectivity index (χ4v) is 3.64. The maximum Gasteiger partial charge on any atom is 0.261 e. The van der Waals surface area contributed by atoms with Gasteiger partial charge in [0.25, 0.3) is 15.0 Å². The van der Waals surface area contributed by atoms with Crippen molar-refractivity contribution >= 4 is 41.6 Å². The highest BCUT2D eigenvalue weighted by Crippen LogP contribution is 2.32. The molecule has 1 aromatic carbocycles. The Bertz CT molecular complexity index is 671. The molecule has 0 atom stereocenters. The third-order valence-corrected chi connectivity index (χ3v) is 5.70. The van der Waals surface area contributed by atoms with E-state index in [2.05, 4.69) is 15.9 Å². The maximum absolute atomic E-state index is 12.7. The molecule has 1 aromatic rings. The van der Waals surface area contributed by atoms with Gasteiger partial charge in [-0.05, 0) is 43.9 Å². The van der Waals surface area contributed by atoms with Crippen molar-refractivity contribution < 1.29 is 13.2 Å². The van der Waals surface area contributed by atoms with Gasteiger partial charge in [-0.3, -0.25) is 4.79 Å². The van der Waals surface area contributed by atoms with E-state index < -0.39 is 9.05 Å². The second kappa shape index (κ2) is 6.26. The molecule has 0 unspecified atom stereocenters. The van der Waals surface area contributed by atoms with Crippen LogP contribution in [0, 0.1) is 6.92 Å². The summed E-state index contributed by atoms with van der Waals surface area (Å²) < 4.78 is 23.6. The van der Waals surface area contributed by atoms with Crippen molar-refractivity contribution in [2.24, 2.45) is 0 Å². The van der Waals surface area contributed by atoms with E-state index in [1.165, 1.54) is 12.1 Å². The fourth-order valence-electron chi connectivity index (χ4n) is 2.25. The Morgan fingerprint density at radius 2 is 2.05 bits per heavy atom. The highest BCUT2D eigenvalue weighted by Gasteiger charge is 2.33. The molecule has 21 heavy (non-hydrogen) atoms. The summed E-state index contributed by atoms with van der Waals surface area (Å²) in [6, 6.07) is 3.08. The highest BCUT2D eigenvalue weighted by molar-refractivity contribution is 9.10. The zero-order chi connectivity index (χ0) is 15.8. The van der Waals surface area contributed by atoms with Crippen molar-refractivity contribution in [3.8, 4) is 0 Å². The van der Waals surface area contributed by atoms with Crippen molar-refractivity contribution in [1.82, 2.24) is 4.90 Å². The van der Waals surface area contributed by atoms with E-state index in [9.17, 15) is 13.2 Å². The first kappa shape index (κ1) is 16.8. The van der Waals surface area contributed by atoms with Crippen LogP contribution in [-0.2, 0) is 9.05 Å². The molecule has 2 rings (SSSR count). The van der Waals surface area contributed by atoms with Crippen LogP contribution >= 0.6 is 26.6 Å². The molecule has 7 heteroatoms. The van der Waals surface area contributed by atoms with Gasteiger partial charge in [0.2, 0.25) is 0 Å². The van der Waals surface area contributed by atoms with Gasteiger partial charge in [0.1, 0.15) is 0 Å². The average molecular weight is 395 g/mol. The number of amides is 1. The molecule has 0 N–H and O–H groups in total. The number of halogens is 2. The van der Waals surface area contributed by atoms with Gasteiger partial charge in [-0.1, -0.05) is 22.9 Å². The Kier molecular flexibility index (Phi) is 5.00. The van der Waals surface area contributed by atoms with Crippen molar-refractivity contribution in [2.45, 2.75) is 44.0 Å². The van der Waals surface area contributed by atoms with Crippen molar-refractivity contribution in [1.29, 1.82) is 0 Å². The van der Waals surface area contributed by atoms with E-state index in [-0.39, 0.29) is 16.8 Å². The molecule has 1 aliphatic carbocycles. The molecule has 0 saturated heterocycles. The van der Waals surface area contributed by atoms with Gasteiger partial charge >= 0.3 is 0 Å². The highest BCUT2D eigenvalue weighted by atomic mass is 79.9. The monoisotopic (exact) mass is 393 g/mol. The Balaban J connectivity index is 2.46.